The fourth-order valence-electron chi connectivity index (χ4n) is 3.46. The quantitative estimate of drug-likeness (QED) is 0.536. The van der Waals surface area contributed by atoms with Gasteiger partial charge in [-0.15, -0.1) is 0 Å². The molecule has 1 aromatic heterocycles. The minimum atomic E-state index is -0.699. The zero-order valence-electron chi connectivity index (χ0n) is 18.3. The van der Waals surface area contributed by atoms with Crippen molar-refractivity contribution >= 4 is 17.4 Å². The number of carbonyl (C=O) groups excluding carboxylic acids is 1. The second-order valence-corrected chi connectivity index (χ2v) is 7.30. The Morgan fingerprint density at radius 2 is 1.75 bits per heavy atom. The topological polar surface area (TPSA) is 110 Å². The Hall–Kier alpha value is -3.81. The third-order valence-electron chi connectivity index (χ3n) is 5.07. The number of nitrogen functional groups attached to an aromatic ring is 1. The maximum Gasteiger partial charge on any atom is 0.330 e. The SMILES string of the molecule is CCCCN(C(=O)c1ccccc1OCC)c1c(N)n(Cc2ccccc2)c(=O)[nH]c1=O. The molecule has 0 aliphatic heterocycles. The molecule has 0 saturated carbocycles. The van der Waals surface area contributed by atoms with E-state index in [2.05, 4.69) is 4.98 Å². The van der Waals surface area contributed by atoms with E-state index in [0.29, 0.717) is 24.3 Å². The molecule has 0 aliphatic rings. The molecule has 0 aliphatic carbocycles. The summed E-state index contributed by atoms with van der Waals surface area (Å²) in [7, 11) is 0. The second kappa shape index (κ2) is 10.5. The Morgan fingerprint density at radius 3 is 2.44 bits per heavy atom. The smallest absolute Gasteiger partial charge is 0.330 e. The van der Waals surface area contributed by atoms with Crippen molar-refractivity contribution in [3.8, 4) is 5.75 Å². The van der Waals surface area contributed by atoms with Crippen molar-refractivity contribution in [2.75, 3.05) is 23.8 Å². The van der Waals surface area contributed by atoms with Gasteiger partial charge in [-0.05, 0) is 31.0 Å². The molecular weight excluding hydrogens is 408 g/mol. The highest BCUT2D eigenvalue weighted by Gasteiger charge is 2.26. The van der Waals surface area contributed by atoms with Gasteiger partial charge in [0, 0.05) is 6.54 Å². The van der Waals surface area contributed by atoms with E-state index in [0.717, 1.165) is 12.0 Å². The number of unbranched alkanes of at least 4 members (excludes halogenated alkanes) is 1. The number of hydrogen-bond acceptors (Lipinski definition) is 5. The standard InChI is InChI=1S/C24H28N4O4/c1-3-5-15-27(23(30)18-13-9-10-14-19(18)32-4-2)20-21(25)28(24(31)26-22(20)29)16-17-11-7-6-8-12-17/h6-14H,3-5,15-16,25H2,1-2H3,(H,26,29,31). The summed E-state index contributed by atoms with van der Waals surface area (Å²) in [5.41, 5.74) is 6.14. The van der Waals surface area contributed by atoms with E-state index in [1.807, 2.05) is 44.2 Å². The van der Waals surface area contributed by atoms with Crippen LogP contribution in [0.2, 0.25) is 0 Å². The van der Waals surface area contributed by atoms with Crippen molar-refractivity contribution < 1.29 is 9.53 Å². The van der Waals surface area contributed by atoms with Crippen molar-refractivity contribution in [3.05, 3.63) is 86.6 Å². The van der Waals surface area contributed by atoms with Gasteiger partial charge < -0.3 is 15.4 Å². The van der Waals surface area contributed by atoms with Crippen LogP contribution in [0.5, 0.6) is 5.75 Å². The molecule has 0 unspecified atom stereocenters. The van der Waals surface area contributed by atoms with Gasteiger partial charge in [-0.2, -0.15) is 0 Å². The molecule has 0 radical (unpaired) electrons. The first kappa shape index (κ1) is 22.9. The van der Waals surface area contributed by atoms with Crippen molar-refractivity contribution in [3.63, 3.8) is 0 Å². The maximum absolute atomic E-state index is 13.6. The predicted molar refractivity (Wildman–Crippen MR) is 125 cm³/mol. The van der Waals surface area contributed by atoms with Crippen LogP contribution >= 0.6 is 0 Å². The lowest BCUT2D eigenvalue weighted by molar-refractivity contribution is 0.0982. The highest BCUT2D eigenvalue weighted by Crippen LogP contribution is 2.25. The minimum absolute atomic E-state index is 0.0368. The number of benzene rings is 2. The molecule has 2 aromatic carbocycles. The molecular formula is C24H28N4O4. The van der Waals surface area contributed by atoms with Gasteiger partial charge in [-0.1, -0.05) is 55.8 Å². The van der Waals surface area contributed by atoms with E-state index < -0.39 is 17.2 Å². The van der Waals surface area contributed by atoms with Gasteiger partial charge in [0.05, 0.1) is 18.7 Å². The zero-order chi connectivity index (χ0) is 23.1. The summed E-state index contributed by atoms with van der Waals surface area (Å²) in [6.45, 7) is 4.65. The average Bonchev–Trinajstić information content (AvgIpc) is 2.79. The summed E-state index contributed by atoms with van der Waals surface area (Å²) in [6.07, 6.45) is 1.46. The number of nitrogens with one attached hydrogen (secondary N) is 1. The van der Waals surface area contributed by atoms with Crippen molar-refractivity contribution in [1.29, 1.82) is 0 Å². The Kier molecular flexibility index (Phi) is 7.49. The number of aromatic nitrogens is 2. The number of rotatable bonds is 9. The summed E-state index contributed by atoms with van der Waals surface area (Å²) < 4.78 is 6.88. The highest BCUT2D eigenvalue weighted by molar-refractivity contribution is 6.08. The molecule has 0 atom stereocenters. The van der Waals surface area contributed by atoms with E-state index >= 15 is 0 Å². The molecule has 3 rings (SSSR count). The fraction of sp³-hybridized carbons (Fsp3) is 0.292. The van der Waals surface area contributed by atoms with E-state index in [9.17, 15) is 14.4 Å². The Morgan fingerprint density at radius 1 is 1.06 bits per heavy atom. The molecule has 1 heterocycles. The summed E-state index contributed by atoms with van der Waals surface area (Å²) in [4.78, 5) is 42.6. The first-order chi connectivity index (χ1) is 15.5. The lowest BCUT2D eigenvalue weighted by Gasteiger charge is -2.25. The third kappa shape index (κ3) is 4.91. The molecule has 0 bridgehead atoms. The summed E-state index contributed by atoms with van der Waals surface area (Å²) in [5, 5.41) is 0. The Labute approximate surface area is 186 Å². The summed E-state index contributed by atoms with van der Waals surface area (Å²) in [6, 6.07) is 16.2. The van der Waals surface area contributed by atoms with Crippen LogP contribution < -0.4 is 26.6 Å². The van der Waals surface area contributed by atoms with Crippen molar-refractivity contribution in [1.82, 2.24) is 9.55 Å². The molecule has 0 saturated heterocycles. The van der Waals surface area contributed by atoms with Gasteiger partial charge >= 0.3 is 5.69 Å². The molecule has 0 fully saturated rings. The van der Waals surface area contributed by atoms with Gasteiger partial charge in [0.25, 0.3) is 11.5 Å². The van der Waals surface area contributed by atoms with Gasteiger partial charge in [0.15, 0.2) is 5.69 Å². The van der Waals surface area contributed by atoms with Gasteiger partial charge in [0.2, 0.25) is 0 Å². The molecule has 168 valence electrons. The largest absolute Gasteiger partial charge is 0.493 e. The molecule has 3 aromatic rings. The van der Waals surface area contributed by atoms with Gasteiger partial charge in [0.1, 0.15) is 11.6 Å². The molecule has 32 heavy (non-hydrogen) atoms. The number of carbonyl (C=O) groups is 1. The maximum atomic E-state index is 13.6. The lowest BCUT2D eigenvalue weighted by Crippen LogP contribution is -2.41. The van der Waals surface area contributed by atoms with Gasteiger partial charge in [-0.25, -0.2) is 4.79 Å². The van der Waals surface area contributed by atoms with Crippen LogP contribution in [0.1, 0.15) is 42.6 Å². The van der Waals surface area contributed by atoms with Crippen LogP contribution in [0.25, 0.3) is 0 Å². The van der Waals surface area contributed by atoms with Crippen LogP contribution in [0, 0.1) is 0 Å². The van der Waals surface area contributed by atoms with E-state index in [1.165, 1.54) is 9.47 Å². The van der Waals surface area contributed by atoms with Crippen LogP contribution in [0.4, 0.5) is 11.5 Å². The number of aromatic amines is 1. The average molecular weight is 437 g/mol. The molecule has 8 heteroatoms. The number of para-hydroxylation sites is 1. The molecule has 3 N–H and O–H groups in total. The molecule has 1 amide bonds. The molecule has 0 spiro atoms. The zero-order valence-corrected chi connectivity index (χ0v) is 18.3. The number of nitrogens with two attached hydrogens (primary N) is 1. The van der Waals surface area contributed by atoms with Crippen LogP contribution in [-0.4, -0.2) is 28.6 Å². The van der Waals surface area contributed by atoms with Crippen molar-refractivity contribution in [2.45, 2.75) is 33.2 Å². The predicted octanol–water partition coefficient (Wildman–Crippen LogP) is 3.01. The monoisotopic (exact) mass is 436 g/mol. The number of nitrogens with zero attached hydrogens (tertiary/aromatic N) is 2. The number of ether oxygens (including phenoxy) is 1. The van der Waals surface area contributed by atoms with E-state index in [1.54, 1.807) is 24.3 Å². The third-order valence-corrected chi connectivity index (χ3v) is 5.07. The number of anilines is 2. The normalized spacial score (nSPS) is 10.7. The molecule has 8 nitrogen and oxygen atoms in total. The lowest BCUT2D eigenvalue weighted by atomic mass is 10.1. The van der Waals surface area contributed by atoms with E-state index in [-0.39, 0.29) is 24.6 Å². The first-order valence-electron chi connectivity index (χ1n) is 10.7. The van der Waals surface area contributed by atoms with Gasteiger partial charge in [-0.3, -0.25) is 19.1 Å². The van der Waals surface area contributed by atoms with Crippen LogP contribution in [0.3, 0.4) is 0 Å². The number of H-pyrrole nitrogens is 1. The first-order valence-corrected chi connectivity index (χ1v) is 10.7. The highest BCUT2D eigenvalue weighted by atomic mass is 16.5. The van der Waals surface area contributed by atoms with E-state index in [4.69, 9.17) is 10.5 Å². The summed E-state index contributed by atoms with van der Waals surface area (Å²) >= 11 is 0. The van der Waals surface area contributed by atoms with Crippen LogP contribution in [0.15, 0.2) is 64.2 Å². The second-order valence-electron chi connectivity index (χ2n) is 7.30. The Balaban J connectivity index is 2.12. The fourth-order valence-corrected chi connectivity index (χ4v) is 3.46. The Bertz CT molecular complexity index is 1180. The summed E-state index contributed by atoms with van der Waals surface area (Å²) in [5.74, 6) is -0.0420. The van der Waals surface area contributed by atoms with Crippen LogP contribution in [-0.2, 0) is 6.54 Å². The minimum Gasteiger partial charge on any atom is -0.493 e. The number of hydrogen-bond donors (Lipinski definition) is 2. The number of amides is 1. The van der Waals surface area contributed by atoms with Crippen molar-refractivity contribution in [2.24, 2.45) is 0 Å².